The summed E-state index contributed by atoms with van der Waals surface area (Å²) in [6, 6.07) is 7.48. The van der Waals surface area contributed by atoms with E-state index in [-0.39, 0.29) is 12.6 Å². The molecule has 5 heteroatoms. The monoisotopic (exact) mass is 276 g/mol. The van der Waals surface area contributed by atoms with Gasteiger partial charge in [0.05, 0.1) is 5.92 Å². The predicted octanol–water partition coefficient (Wildman–Crippen LogP) is 2.58. The highest BCUT2D eigenvalue weighted by atomic mass is 16.4. The van der Waals surface area contributed by atoms with Crippen LogP contribution in [-0.4, -0.2) is 35.1 Å². The zero-order chi connectivity index (χ0) is 14.5. The lowest BCUT2D eigenvalue weighted by atomic mass is 9.99. The van der Waals surface area contributed by atoms with Gasteiger partial charge in [-0.3, -0.25) is 4.79 Å². The molecule has 0 spiro atoms. The number of carbonyl (C=O) groups excluding carboxylic acids is 1. The minimum atomic E-state index is -0.824. The smallest absolute Gasteiger partial charge is 0.321 e. The van der Waals surface area contributed by atoms with Crippen LogP contribution in [0.5, 0.6) is 0 Å². The molecule has 2 amide bonds. The molecule has 1 aromatic rings. The molecule has 1 heterocycles. The molecule has 0 unspecified atom stereocenters. The van der Waals surface area contributed by atoms with E-state index in [0.717, 1.165) is 24.1 Å². The number of nitrogens with one attached hydrogen (secondary N) is 1. The third-order valence-electron chi connectivity index (χ3n) is 3.64. The highest BCUT2D eigenvalue weighted by molar-refractivity contribution is 5.89. The van der Waals surface area contributed by atoms with Crippen molar-refractivity contribution in [1.29, 1.82) is 0 Å². The molecule has 2 N–H and O–H groups in total. The summed E-state index contributed by atoms with van der Waals surface area (Å²) in [7, 11) is 0. The Kier molecular flexibility index (Phi) is 4.61. The van der Waals surface area contributed by atoms with Crippen LogP contribution in [0.4, 0.5) is 10.5 Å². The van der Waals surface area contributed by atoms with E-state index >= 15 is 0 Å². The Morgan fingerprint density at radius 2 is 2.25 bits per heavy atom. The first-order chi connectivity index (χ1) is 9.60. The minimum absolute atomic E-state index is 0.218. The quantitative estimate of drug-likeness (QED) is 0.891. The van der Waals surface area contributed by atoms with E-state index in [9.17, 15) is 9.59 Å². The molecule has 0 aliphatic carbocycles. The topological polar surface area (TPSA) is 69.6 Å². The van der Waals surface area contributed by atoms with Crippen LogP contribution < -0.4 is 5.32 Å². The Morgan fingerprint density at radius 3 is 2.95 bits per heavy atom. The minimum Gasteiger partial charge on any atom is -0.481 e. The molecule has 0 radical (unpaired) electrons. The molecule has 1 saturated heterocycles. The van der Waals surface area contributed by atoms with Gasteiger partial charge in [-0.15, -0.1) is 0 Å². The lowest BCUT2D eigenvalue weighted by molar-refractivity contribution is -0.143. The number of anilines is 1. The number of hydrogen-bond acceptors (Lipinski definition) is 2. The van der Waals surface area contributed by atoms with Gasteiger partial charge < -0.3 is 15.3 Å². The SMILES string of the molecule is CCc1cccc(NC(=O)N2CCC[C@@H](C(=O)O)C2)c1. The molecular formula is C15H20N2O3. The highest BCUT2D eigenvalue weighted by Crippen LogP contribution is 2.18. The van der Waals surface area contributed by atoms with Gasteiger partial charge in [0.2, 0.25) is 0 Å². The fourth-order valence-electron chi connectivity index (χ4n) is 2.43. The molecule has 1 aliphatic rings. The van der Waals surface area contributed by atoms with Crippen LogP contribution in [-0.2, 0) is 11.2 Å². The first-order valence-corrected chi connectivity index (χ1v) is 6.98. The zero-order valence-electron chi connectivity index (χ0n) is 11.6. The zero-order valence-corrected chi connectivity index (χ0v) is 11.6. The predicted molar refractivity (Wildman–Crippen MR) is 76.8 cm³/mol. The second-order valence-electron chi connectivity index (χ2n) is 5.11. The Bertz CT molecular complexity index is 502. The molecule has 0 saturated carbocycles. The third-order valence-corrected chi connectivity index (χ3v) is 3.64. The first kappa shape index (κ1) is 14.4. The molecule has 2 rings (SSSR count). The van der Waals surface area contributed by atoms with Crippen LogP contribution in [0, 0.1) is 5.92 Å². The number of aliphatic carboxylic acids is 1. The van der Waals surface area contributed by atoms with Gasteiger partial charge >= 0.3 is 12.0 Å². The van der Waals surface area contributed by atoms with Crippen molar-refractivity contribution in [2.24, 2.45) is 5.92 Å². The van der Waals surface area contributed by atoms with Crippen LogP contribution in [0.3, 0.4) is 0 Å². The fourth-order valence-corrected chi connectivity index (χ4v) is 2.43. The Hall–Kier alpha value is -2.04. The van der Waals surface area contributed by atoms with Gasteiger partial charge in [-0.05, 0) is 37.0 Å². The number of likely N-dealkylation sites (tertiary alicyclic amines) is 1. The summed E-state index contributed by atoms with van der Waals surface area (Å²) >= 11 is 0. The summed E-state index contributed by atoms with van der Waals surface area (Å²) in [5.41, 5.74) is 1.91. The van der Waals surface area contributed by atoms with E-state index < -0.39 is 11.9 Å². The number of rotatable bonds is 3. The number of benzene rings is 1. The fraction of sp³-hybridized carbons (Fsp3) is 0.467. The molecule has 1 aliphatic heterocycles. The average Bonchev–Trinajstić information content (AvgIpc) is 2.47. The molecule has 1 atom stereocenters. The van der Waals surface area contributed by atoms with Gasteiger partial charge in [0, 0.05) is 18.8 Å². The molecule has 1 aromatic carbocycles. The van der Waals surface area contributed by atoms with Gasteiger partial charge in [0.1, 0.15) is 0 Å². The largest absolute Gasteiger partial charge is 0.481 e. The molecule has 1 fully saturated rings. The average molecular weight is 276 g/mol. The molecule has 0 bridgehead atoms. The standard InChI is InChI=1S/C15H20N2O3/c1-2-11-5-3-7-13(9-11)16-15(20)17-8-4-6-12(10-17)14(18)19/h3,5,7,9,12H,2,4,6,8,10H2,1H3,(H,16,20)(H,18,19)/t12-/m1/s1. The number of nitrogens with zero attached hydrogens (tertiary/aromatic N) is 1. The highest BCUT2D eigenvalue weighted by Gasteiger charge is 2.28. The third kappa shape index (κ3) is 3.50. The number of carbonyl (C=O) groups is 2. The van der Waals surface area contributed by atoms with Crippen LogP contribution in [0.1, 0.15) is 25.3 Å². The van der Waals surface area contributed by atoms with Crippen molar-refractivity contribution in [3.05, 3.63) is 29.8 Å². The molecule has 5 nitrogen and oxygen atoms in total. The van der Waals surface area contributed by atoms with Gasteiger partial charge in [-0.2, -0.15) is 0 Å². The van der Waals surface area contributed by atoms with Crippen LogP contribution in [0.2, 0.25) is 0 Å². The summed E-state index contributed by atoms with van der Waals surface area (Å²) in [6.45, 7) is 2.96. The first-order valence-electron chi connectivity index (χ1n) is 6.98. The Labute approximate surface area is 118 Å². The van der Waals surface area contributed by atoms with Crippen molar-refractivity contribution in [1.82, 2.24) is 4.90 Å². The van der Waals surface area contributed by atoms with Gasteiger partial charge in [-0.1, -0.05) is 19.1 Å². The van der Waals surface area contributed by atoms with E-state index in [1.54, 1.807) is 4.90 Å². The second kappa shape index (κ2) is 6.41. The van der Waals surface area contributed by atoms with Gasteiger partial charge in [-0.25, -0.2) is 4.79 Å². The van der Waals surface area contributed by atoms with Crippen molar-refractivity contribution in [2.45, 2.75) is 26.2 Å². The normalized spacial score (nSPS) is 18.6. The van der Waals surface area contributed by atoms with Crippen molar-refractivity contribution >= 4 is 17.7 Å². The number of amides is 2. The lowest BCUT2D eigenvalue weighted by Crippen LogP contribution is -2.44. The van der Waals surface area contributed by atoms with Crippen molar-refractivity contribution in [3.63, 3.8) is 0 Å². The number of aryl methyl sites for hydroxylation is 1. The summed E-state index contributed by atoms with van der Waals surface area (Å²) < 4.78 is 0. The van der Waals surface area contributed by atoms with E-state index in [2.05, 4.69) is 12.2 Å². The van der Waals surface area contributed by atoms with Crippen molar-refractivity contribution in [2.75, 3.05) is 18.4 Å². The van der Waals surface area contributed by atoms with Crippen LogP contribution in [0.25, 0.3) is 0 Å². The number of urea groups is 1. The molecular weight excluding hydrogens is 256 g/mol. The summed E-state index contributed by atoms with van der Waals surface area (Å²) in [4.78, 5) is 24.7. The van der Waals surface area contributed by atoms with E-state index in [4.69, 9.17) is 5.11 Å². The van der Waals surface area contributed by atoms with Crippen molar-refractivity contribution in [3.8, 4) is 0 Å². The molecule has 108 valence electrons. The molecule has 0 aromatic heterocycles. The Balaban J connectivity index is 1.98. The number of piperidine rings is 1. The maximum absolute atomic E-state index is 12.2. The van der Waals surface area contributed by atoms with E-state index in [0.29, 0.717) is 13.0 Å². The van der Waals surface area contributed by atoms with Gasteiger partial charge in [0.25, 0.3) is 0 Å². The number of hydrogen-bond donors (Lipinski definition) is 2. The summed E-state index contributed by atoms with van der Waals surface area (Å²) in [6.07, 6.45) is 2.29. The summed E-state index contributed by atoms with van der Waals surface area (Å²) in [5.74, 6) is -1.27. The van der Waals surface area contributed by atoms with E-state index in [1.165, 1.54) is 0 Å². The number of carboxylic acid groups (broad SMARTS) is 1. The van der Waals surface area contributed by atoms with Crippen molar-refractivity contribution < 1.29 is 14.7 Å². The van der Waals surface area contributed by atoms with Crippen LogP contribution >= 0.6 is 0 Å². The molecule has 20 heavy (non-hydrogen) atoms. The number of carboxylic acids is 1. The van der Waals surface area contributed by atoms with E-state index in [1.807, 2.05) is 24.3 Å². The van der Waals surface area contributed by atoms with Crippen LogP contribution in [0.15, 0.2) is 24.3 Å². The maximum Gasteiger partial charge on any atom is 0.321 e. The summed E-state index contributed by atoms with van der Waals surface area (Å²) in [5, 5.41) is 11.9. The lowest BCUT2D eigenvalue weighted by Gasteiger charge is -2.30. The second-order valence-corrected chi connectivity index (χ2v) is 5.11. The Morgan fingerprint density at radius 1 is 1.45 bits per heavy atom. The maximum atomic E-state index is 12.2. The van der Waals surface area contributed by atoms with Gasteiger partial charge in [0.15, 0.2) is 0 Å².